The van der Waals surface area contributed by atoms with E-state index < -0.39 is 5.82 Å². The number of hydrogen-bond acceptors (Lipinski definition) is 2. The van der Waals surface area contributed by atoms with Crippen molar-refractivity contribution in [2.45, 2.75) is 103 Å². The largest absolute Gasteiger partial charge is 0.425 e. The quantitative estimate of drug-likeness (QED) is 0.312. The van der Waals surface area contributed by atoms with Crippen LogP contribution in [0.15, 0.2) is 18.2 Å². The minimum absolute atomic E-state index is 0.0697. The van der Waals surface area contributed by atoms with Gasteiger partial charge in [0.15, 0.2) is 0 Å². The number of hydrogen-bond donors (Lipinski definition) is 0. The molecular weight excluding hydrogens is 423 g/mol. The predicted molar refractivity (Wildman–Crippen MR) is 128 cm³/mol. The Morgan fingerprint density at radius 3 is 2.28 bits per heavy atom. The summed E-state index contributed by atoms with van der Waals surface area (Å²) in [6.07, 6.45) is 19.5. The predicted octanol–water partition coefficient (Wildman–Crippen LogP) is 8.75. The zero-order valence-electron chi connectivity index (χ0n) is 19.7. The van der Waals surface area contributed by atoms with Gasteiger partial charge in [-0.15, -0.1) is 0 Å². The van der Waals surface area contributed by atoms with Crippen LogP contribution in [0.1, 0.15) is 103 Å². The summed E-state index contributed by atoms with van der Waals surface area (Å²) in [4.78, 5) is 12.8. The molecule has 0 atom stereocenters. The summed E-state index contributed by atoms with van der Waals surface area (Å²) in [6.45, 7) is 2.31. The van der Waals surface area contributed by atoms with Crippen LogP contribution in [0.3, 0.4) is 0 Å². The molecule has 4 rings (SSSR count). The summed E-state index contributed by atoms with van der Waals surface area (Å²) >= 11 is 6.05. The van der Waals surface area contributed by atoms with Gasteiger partial charge in [-0.1, -0.05) is 57.0 Å². The van der Waals surface area contributed by atoms with Crippen LogP contribution in [0, 0.1) is 34.9 Å². The number of carbonyl (C=O) groups excluding carboxylic acids is 1. The van der Waals surface area contributed by atoms with E-state index in [9.17, 15) is 9.18 Å². The van der Waals surface area contributed by atoms with Gasteiger partial charge in [-0.2, -0.15) is 0 Å². The van der Waals surface area contributed by atoms with Crippen molar-refractivity contribution in [1.82, 2.24) is 0 Å². The van der Waals surface area contributed by atoms with Gasteiger partial charge >= 0.3 is 5.97 Å². The van der Waals surface area contributed by atoms with E-state index >= 15 is 0 Å². The zero-order valence-corrected chi connectivity index (χ0v) is 20.5. The van der Waals surface area contributed by atoms with E-state index in [1.54, 1.807) is 0 Å². The van der Waals surface area contributed by atoms with Crippen LogP contribution in [0.4, 0.5) is 4.39 Å². The summed E-state index contributed by atoms with van der Waals surface area (Å²) in [7, 11) is 0. The lowest BCUT2D eigenvalue weighted by Gasteiger charge is -2.49. The lowest BCUT2D eigenvalue weighted by Crippen LogP contribution is -2.39. The number of esters is 1. The topological polar surface area (TPSA) is 26.3 Å². The summed E-state index contributed by atoms with van der Waals surface area (Å²) < 4.78 is 18.8. The fourth-order valence-corrected chi connectivity index (χ4v) is 7.55. The molecule has 2 nitrogen and oxygen atoms in total. The molecule has 3 aliphatic carbocycles. The van der Waals surface area contributed by atoms with Gasteiger partial charge < -0.3 is 4.74 Å². The maximum Gasteiger partial charge on any atom is 0.314 e. The first-order valence-corrected chi connectivity index (χ1v) is 13.6. The Kier molecular flexibility index (Phi) is 8.18. The Balaban J connectivity index is 1.32. The zero-order chi connectivity index (χ0) is 22.6. The molecule has 0 radical (unpaired) electrons. The van der Waals surface area contributed by atoms with Crippen molar-refractivity contribution in [3.05, 3.63) is 29.0 Å². The van der Waals surface area contributed by atoms with Gasteiger partial charge in [-0.25, -0.2) is 4.39 Å². The van der Waals surface area contributed by atoms with Crippen LogP contribution in [-0.2, 0) is 4.79 Å². The Hall–Kier alpha value is -1.09. The van der Waals surface area contributed by atoms with Crippen molar-refractivity contribution in [1.29, 1.82) is 0 Å². The van der Waals surface area contributed by atoms with Crippen LogP contribution in [0.2, 0.25) is 5.02 Å². The smallest absolute Gasteiger partial charge is 0.314 e. The molecule has 0 amide bonds. The molecular formula is C28H40ClFO2. The van der Waals surface area contributed by atoms with E-state index in [1.165, 1.54) is 88.8 Å². The second kappa shape index (κ2) is 10.9. The van der Waals surface area contributed by atoms with Crippen molar-refractivity contribution in [3.8, 4) is 5.75 Å². The third-order valence-corrected chi connectivity index (χ3v) is 9.42. The average Bonchev–Trinajstić information content (AvgIpc) is 2.82. The van der Waals surface area contributed by atoms with Crippen LogP contribution in [0.25, 0.3) is 0 Å². The lowest BCUT2D eigenvalue weighted by atomic mass is 9.56. The Labute approximate surface area is 198 Å². The Bertz CT molecular complexity index is 757. The standard InChI is InChI=1S/C28H40ClFO2/c1-2-16-28(23-10-8-21(9-11-23)20-6-4-3-5-7-20)17-14-22(15-18-28)27(31)32-26-13-12-24(30)19-25(26)29/h12-13,19-23H,2-11,14-18H2,1H3/t21?,22-,23?,28-. The average molecular weight is 463 g/mol. The van der Waals surface area contributed by atoms with Crippen molar-refractivity contribution in [2.75, 3.05) is 0 Å². The van der Waals surface area contributed by atoms with Crippen molar-refractivity contribution in [2.24, 2.45) is 29.1 Å². The number of halogens is 2. The molecule has 0 spiro atoms. The van der Waals surface area contributed by atoms with E-state index in [0.29, 0.717) is 5.41 Å². The van der Waals surface area contributed by atoms with Gasteiger partial charge in [-0.3, -0.25) is 4.79 Å². The molecule has 0 saturated heterocycles. The van der Waals surface area contributed by atoms with Gasteiger partial charge in [0.25, 0.3) is 0 Å². The van der Waals surface area contributed by atoms with E-state index in [1.807, 2.05) is 0 Å². The first-order valence-electron chi connectivity index (χ1n) is 13.2. The minimum atomic E-state index is -0.421. The van der Waals surface area contributed by atoms with E-state index in [0.717, 1.165) is 43.4 Å². The van der Waals surface area contributed by atoms with E-state index in [4.69, 9.17) is 16.3 Å². The first-order chi connectivity index (χ1) is 15.5. The molecule has 1 aromatic rings. The molecule has 0 bridgehead atoms. The number of rotatable bonds is 6. The third-order valence-electron chi connectivity index (χ3n) is 9.12. The molecule has 4 heteroatoms. The summed E-state index contributed by atoms with van der Waals surface area (Å²) in [5.41, 5.74) is 0.413. The highest BCUT2D eigenvalue weighted by atomic mass is 35.5. The highest BCUT2D eigenvalue weighted by Crippen LogP contribution is 2.54. The van der Waals surface area contributed by atoms with Gasteiger partial charge in [0.1, 0.15) is 11.6 Å². The van der Waals surface area contributed by atoms with Gasteiger partial charge in [-0.05, 0) is 99.2 Å². The fourth-order valence-electron chi connectivity index (χ4n) is 7.35. The van der Waals surface area contributed by atoms with Crippen molar-refractivity contribution >= 4 is 17.6 Å². The summed E-state index contributed by atoms with van der Waals surface area (Å²) in [5, 5.41) is 0.157. The highest BCUT2D eigenvalue weighted by molar-refractivity contribution is 6.32. The van der Waals surface area contributed by atoms with Gasteiger partial charge in [0.2, 0.25) is 0 Å². The van der Waals surface area contributed by atoms with Crippen molar-refractivity contribution < 1.29 is 13.9 Å². The molecule has 32 heavy (non-hydrogen) atoms. The number of carbonyl (C=O) groups is 1. The second-order valence-corrected chi connectivity index (χ2v) is 11.3. The molecule has 3 fully saturated rings. The molecule has 0 aromatic heterocycles. The summed E-state index contributed by atoms with van der Waals surface area (Å²) in [5.74, 6) is 2.36. The van der Waals surface area contributed by atoms with Crippen LogP contribution < -0.4 is 4.74 Å². The first kappa shape index (κ1) is 24.0. The molecule has 0 N–H and O–H groups in total. The molecule has 1 aromatic carbocycles. The minimum Gasteiger partial charge on any atom is -0.425 e. The Morgan fingerprint density at radius 1 is 1.00 bits per heavy atom. The molecule has 178 valence electrons. The summed E-state index contributed by atoms with van der Waals surface area (Å²) in [6, 6.07) is 3.93. The molecule has 3 saturated carbocycles. The molecule has 0 heterocycles. The second-order valence-electron chi connectivity index (χ2n) is 10.9. The maximum atomic E-state index is 13.3. The van der Waals surface area contributed by atoms with Gasteiger partial charge in [0, 0.05) is 0 Å². The maximum absolute atomic E-state index is 13.3. The SMILES string of the molecule is CCC[C@]1(C2CCC(C3CCCCC3)CC2)CC[C@H](C(=O)Oc2ccc(F)cc2Cl)CC1. The third kappa shape index (κ3) is 5.51. The van der Waals surface area contributed by atoms with Crippen LogP contribution in [0.5, 0.6) is 5.75 Å². The van der Waals surface area contributed by atoms with Crippen molar-refractivity contribution in [3.63, 3.8) is 0 Å². The molecule has 0 aliphatic heterocycles. The number of ether oxygens (including phenoxy) is 1. The number of benzene rings is 1. The lowest BCUT2D eigenvalue weighted by molar-refractivity contribution is -0.141. The monoisotopic (exact) mass is 462 g/mol. The van der Waals surface area contributed by atoms with E-state index in [2.05, 4.69) is 6.92 Å². The normalized spacial score (nSPS) is 31.9. The molecule has 3 aliphatic rings. The van der Waals surface area contributed by atoms with Crippen LogP contribution >= 0.6 is 11.6 Å². The van der Waals surface area contributed by atoms with Crippen LogP contribution in [-0.4, -0.2) is 5.97 Å². The fraction of sp³-hybridized carbons (Fsp3) is 0.750. The van der Waals surface area contributed by atoms with Gasteiger partial charge in [0.05, 0.1) is 10.9 Å². The highest BCUT2D eigenvalue weighted by Gasteiger charge is 2.44. The van der Waals surface area contributed by atoms with E-state index in [-0.39, 0.29) is 22.7 Å². The molecule has 0 unspecified atom stereocenters. The Morgan fingerprint density at radius 2 is 1.66 bits per heavy atom.